The molecular weight excluding hydrogens is 200 g/mol. The minimum atomic E-state index is -0.581. The first-order chi connectivity index (χ1) is 6.74. The first-order valence-corrected chi connectivity index (χ1v) is 5.18. The molecule has 78 valence electrons. The van der Waals surface area contributed by atoms with Crippen LogP contribution in [0.1, 0.15) is 18.6 Å². The topological polar surface area (TPSA) is 29.5 Å². The molecule has 2 unspecified atom stereocenters. The molecule has 2 atom stereocenters. The van der Waals surface area contributed by atoms with Gasteiger partial charge in [0.2, 0.25) is 0 Å². The third-order valence-corrected chi connectivity index (χ3v) is 2.34. The molecule has 0 saturated heterocycles. The number of hydrogen-bond acceptors (Lipinski definition) is 2. The summed E-state index contributed by atoms with van der Waals surface area (Å²) in [5.41, 5.74) is 1.11. The van der Waals surface area contributed by atoms with Gasteiger partial charge in [0.25, 0.3) is 0 Å². The van der Waals surface area contributed by atoms with Gasteiger partial charge >= 0.3 is 0 Å². The molecule has 1 N–H and O–H groups in total. The van der Waals surface area contributed by atoms with E-state index in [4.69, 9.17) is 16.3 Å². The normalized spacial score (nSPS) is 15.1. The molecule has 2 nitrogen and oxygen atoms in total. The van der Waals surface area contributed by atoms with Crippen molar-refractivity contribution in [3.8, 4) is 0 Å². The van der Waals surface area contributed by atoms with Crippen molar-refractivity contribution >= 4 is 11.6 Å². The van der Waals surface area contributed by atoms with Crippen molar-refractivity contribution in [1.29, 1.82) is 0 Å². The van der Waals surface area contributed by atoms with Crippen LogP contribution in [-0.2, 0) is 4.74 Å². The molecule has 1 aromatic carbocycles. The van der Waals surface area contributed by atoms with E-state index < -0.39 is 6.10 Å². The number of ether oxygens (including phenoxy) is 1. The quantitative estimate of drug-likeness (QED) is 0.763. The highest BCUT2D eigenvalue weighted by atomic mass is 35.5. The van der Waals surface area contributed by atoms with Crippen LogP contribution in [0.5, 0.6) is 0 Å². The third-order valence-electron chi connectivity index (χ3n) is 1.99. The second kappa shape index (κ2) is 6.02. The summed E-state index contributed by atoms with van der Waals surface area (Å²) in [7, 11) is 0. The number of halogens is 1. The van der Waals surface area contributed by atoms with Crippen LogP contribution < -0.4 is 0 Å². The molecule has 0 bridgehead atoms. The molecule has 0 fully saturated rings. The number of aliphatic hydroxyl groups is 1. The van der Waals surface area contributed by atoms with Crippen LogP contribution in [0.2, 0.25) is 0 Å². The number of hydrogen-bond donors (Lipinski definition) is 1. The summed E-state index contributed by atoms with van der Waals surface area (Å²) >= 11 is 5.45. The standard InChI is InChI=1S/C11H15ClO2/c1-9(14-8-11(13)7-12)10-5-3-2-4-6-10/h2-6,9,11,13H,7-8H2,1H3. The van der Waals surface area contributed by atoms with Crippen LogP contribution >= 0.6 is 11.6 Å². The number of benzene rings is 1. The van der Waals surface area contributed by atoms with Gasteiger partial charge in [-0.25, -0.2) is 0 Å². The van der Waals surface area contributed by atoms with Gasteiger partial charge in [-0.2, -0.15) is 0 Å². The molecule has 1 aromatic rings. The van der Waals surface area contributed by atoms with E-state index in [0.717, 1.165) is 5.56 Å². The van der Waals surface area contributed by atoms with Crippen LogP contribution in [0, 0.1) is 0 Å². The number of alkyl halides is 1. The van der Waals surface area contributed by atoms with Gasteiger partial charge in [-0.15, -0.1) is 11.6 Å². The SMILES string of the molecule is CC(OCC(O)CCl)c1ccccc1. The first-order valence-electron chi connectivity index (χ1n) is 4.64. The predicted molar refractivity (Wildman–Crippen MR) is 57.5 cm³/mol. The third kappa shape index (κ3) is 3.66. The van der Waals surface area contributed by atoms with Gasteiger partial charge in [0.15, 0.2) is 0 Å². The molecule has 0 saturated carbocycles. The number of aliphatic hydroxyl groups excluding tert-OH is 1. The molecule has 0 radical (unpaired) electrons. The van der Waals surface area contributed by atoms with Gasteiger partial charge in [0, 0.05) is 0 Å². The first kappa shape index (κ1) is 11.5. The maximum absolute atomic E-state index is 9.20. The average Bonchev–Trinajstić information content (AvgIpc) is 2.26. The predicted octanol–water partition coefficient (Wildman–Crippen LogP) is 2.36. The van der Waals surface area contributed by atoms with E-state index >= 15 is 0 Å². The molecule has 14 heavy (non-hydrogen) atoms. The van der Waals surface area contributed by atoms with Crippen molar-refractivity contribution in [2.45, 2.75) is 19.1 Å². The summed E-state index contributed by atoms with van der Waals surface area (Å²) < 4.78 is 5.45. The fourth-order valence-corrected chi connectivity index (χ4v) is 1.21. The molecule has 0 heterocycles. The monoisotopic (exact) mass is 214 g/mol. The molecular formula is C11H15ClO2. The van der Waals surface area contributed by atoms with Gasteiger partial charge < -0.3 is 9.84 Å². The summed E-state index contributed by atoms with van der Waals surface area (Å²) in [6.07, 6.45) is -0.586. The number of rotatable bonds is 5. The zero-order chi connectivity index (χ0) is 10.4. The van der Waals surface area contributed by atoms with Gasteiger partial charge in [-0.05, 0) is 12.5 Å². The van der Waals surface area contributed by atoms with Gasteiger partial charge in [-0.1, -0.05) is 30.3 Å². The average molecular weight is 215 g/mol. The molecule has 0 aliphatic carbocycles. The summed E-state index contributed by atoms with van der Waals surface area (Å²) in [6, 6.07) is 9.89. The van der Waals surface area contributed by atoms with Crippen molar-refractivity contribution in [2.24, 2.45) is 0 Å². The minimum absolute atomic E-state index is 0.00549. The van der Waals surface area contributed by atoms with E-state index in [2.05, 4.69) is 0 Å². The Morgan fingerprint density at radius 2 is 2.00 bits per heavy atom. The van der Waals surface area contributed by atoms with E-state index in [1.54, 1.807) is 0 Å². The molecule has 0 aromatic heterocycles. The Morgan fingerprint density at radius 1 is 1.36 bits per heavy atom. The molecule has 3 heteroatoms. The Bertz CT molecular complexity index is 251. The van der Waals surface area contributed by atoms with Gasteiger partial charge in [0.1, 0.15) is 0 Å². The summed E-state index contributed by atoms with van der Waals surface area (Å²) in [6.45, 7) is 2.23. The Kier molecular flexibility index (Phi) is 4.94. The van der Waals surface area contributed by atoms with Crippen molar-refractivity contribution in [3.63, 3.8) is 0 Å². The van der Waals surface area contributed by atoms with E-state index in [0.29, 0.717) is 0 Å². The summed E-state index contributed by atoms with van der Waals surface area (Å²) in [5, 5.41) is 9.20. The Morgan fingerprint density at radius 3 is 2.57 bits per heavy atom. The van der Waals surface area contributed by atoms with Crippen LogP contribution in [0.4, 0.5) is 0 Å². The van der Waals surface area contributed by atoms with Crippen molar-refractivity contribution < 1.29 is 9.84 Å². The lowest BCUT2D eigenvalue weighted by molar-refractivity contribution is 0.00576. The molecule has 0 spiro atoms. The van der Waals surface area contributed by atoms with Crippen LogP contribution in [0.25, 0.3) is 0 Å². The van der Waals surface area contributed by atoms with Crippen molar-refractivity contribution in [2.75, 3.05) is 12.5 Å². The van der Waals surface area contributed by atoms with E-state index in [-0.39, 0.29) is 18.6 Å². The second-order valence-corrected chi connectivity index (χ2v) is 3.50. The lowest BCUT2D eigenvalue weighted by atomic mass is 10.1. The van der Waals surface area contributed by atoms with Crippen LogP contribution in [0.15, 0.2) is 30.3 Å². The largest absolute Gasteiger partial charge is 0.389 e. The fraction of sp³-hybridized carbons (Fsp3) is 0.455. The van der Waals surface area contributed by atoms with E-state index in [9.17, 15) is 5.11 Å². The highest BCUT2D eigenvalue weighted by Crippen LogP contribution is 2.15. The highest BCUT2D eigenvalue weighted by molar-refractivity contribution is 6.18. The maximum Gasteiger partial charge on any atom is 0.0908 e. The van der Waals surface area contributed by atoms with E-state index in [1.807, 2.05) is 37.3 Å². The Balaban J connectivity index is 2.39. The zero-order valence-corrected chi connectivity index (χ0v) is 8.95. The fourth-order valence-electron chi connectivity index (χ4n) is 1.12. The molecule has 0 aliphatic heterocycles. The molecule has 0 aliphatic rings. The van der Waals surface area contributed by atoms with E-state index in [1.165, 1.54) is 0 Å². The van der Waals surface area contributed by atoms with Crippen LogP contribution in [-0.4, -0.2) is 23.7 Å². The molecule has 0 amide bonds. The van der Waals surface area contributed by atoms with Crippen molar-refractivity contribution in [3.05, 3.63) is 35.9 Å². The van der Waals surface area contributed by atoms with Crippen molar-refractivity contribution in [1.82, 2.24) is 0 Å². The lowest BCUT2D eigenvalue weighted by Gasteiger charge is -2.15. The highest BCUT2D eigenvalue weighted by Gasteiger charge is 2.08. The minimum Gasteiger partial charge on any atom is -0.389 e. The Hall–Kier alpha value is -0.570. The lowest BCUT2D eigenvalue weighted by Crippen LogP contribution is -2.18. The summed E-state index contributed by atoms with van der Waals surface area (Å²) in [4.78, 5) is 0. The molecule has 1 rings (SSSR count). The second-order valence-electron chi connectivity index (χ2n) is 3.19. The Labute approximate surface area is 89.5 Å². The smallest absolute Gasteiger partial charge is 0.0908 e. The zero-order valence-electron chi connectivity index (χ0n) is 8.19. The van der Waals surface area contributed by atoms with Gasteiger partial charge in [-0.3, -0.25) is 0 Å². The van der Waals surface area contributed by atoms with Crippen LogP contribution in [0.3, 0.4) is 0 Å². The van der Waals surface area contributed by atoms with Gasteiger partial charge in [0.05, 0.1) is 24.7 Å². The summed E-state index contributed by atoms with van der Waals surface area (Å²) in [5.74, 6) is 0.210. The maximum atomic E-state index is 9.20.